The summed E-state index contributed by atoms with van der Waals surface area (Å²) in [6.45, 7) is 1.73. The molecule has 2 heterocycles. The zero-order valence-corrected chi connectivity index (χ0v) is 12.9. The fourth-order valence-corrected chi connectivity index (χ4v) is 3.55. The summed E-state index contributed by atoms with van der Waals surface area (Å²) in [4.78, 5) is 18.3. The minimum atomic E-state index is -0.199. The first-order valence-corrected chi connectivity index (χ1v) is 8.29. The summed E-state index contributed by atoms with van der Waals surface area (Å²) >= 11 is 0. The minimum absolute atomic E-state index is 0.0529. The maximum absolute atomic E-state index is 12.5. The molecule has 1 aliphatic carbocycles. The third kappa shape index (κ3) is 3.58. The summed E-state index contributed by atoms with van der Waals surface area (Å²) in [5.41, 5.74) is 0.140. The van der Waals surface area contributed by atoms with Crippen LogP contribution in [0.4, 0.5) is 0 Å². The van der Waals surface area contributed by atoms with Gasteiger partial charge >= 0.3 is 0 Å². The lowest BCUT2D eigenvalue weighted by molar-refractivity contribution is -0.0339. The number of carbonyl (C=O) groups is 1. The van der Waals surface area contributed by atoms with Crippen molar-refractivity contribution >= 4 is 5.91 Å². The number of pyridine rings is 1. The second-order valence-electron chi connectivity index (χ2n) is 6.35. The van der Waals surface area contributed by atoms with Crippen LogP contribution in [0.3, 0.4) is 0 Å². The molecule has 0 aromatic carbocycles. The number of carbonyl (C=O) groups excluding carboxylic acids is 1. The summed E-state index contributed by atoms with van der Waals surface area (Å²) in [5, 5.41) is 9.80. The predicted octanol–water partition coefficient (Wildman–Crippen LogP) is 2.60. The average molecular weight is 304 g/mol. The fourth-order valence-electron chi connectivity index (χ4n) is 3.55. The van der Waals surface area contributed by atoms with Gasteiger partial charge in [-0.2, -0.15) is 0 Å². The molecule has 1 N–H and O–H groups in total. The highest BCUT2D eigenvalue weighted by molar-refractivity contribution is 5.94. The van der Waals surface area contributed by atoms with Crippen LogP contribution < -0.4 is 0 Å². The van der Waals surface area contributed by atoms with Crippen molar-refractivity contribution in [3.8, 4) is 5.75 Å². The van der Waals surface area contributed by atoms with Crippen LogP contribution in [0.25, 0.3) is 0 Å². The third-order valence-electron chi connectivity index (χ3n) is 4.74. The monoisotopic (exact) mass is 304 g/mol. The number of aromatic hydroxyl groups is 1. The summed E-state index contributed by atoms with van der Waals surface area (Å²) in [6, 6.07) is 3.12. The molecular formula is C17H24N2O3. The number of nitrogens with zero attached hydrogens (tertiary/aromatic N) is 2. The molecular weight excluding hydrogens is 280 g/mol. The first-order valence-electron chi connectivity index (χ1n) is 8.29. The SMILES string of the molecule is O=C(c1ncccc1O)N1CCO[C@@H](CC2CCCCC2)C1. The smallest absolute Gasteiger partial charge is 0.276 e. The van der Waals surface area contributed by atoms with E-state index >= 15 is 0 Å². The van der Waals surface area contributed by atoms with Crippen LogP contribution >= 0.6 is 0 Å². The molecule has 1 atom stereocenters. The zero-order valence-electron chi connectivity index (χ0n) is 12.9. The van der Waals surface area contributed by atoms with E-state index in [1.54, 1.807) is 11.0 Å². The first-order chi connectivity index (χ1) is 10.7. The lowest BCUT2D eigenvalue weighted by Crippen LogP contribution is -2.46. The number of amides is 1. The molecule has 1 aromatic rings. The summed E-state index contributed by atoms with van der Waals surface area (Å²) < 4.78 is 5.85. The number of hydrogen-bond acceptors (Lipinski definition) is 4. The van der Waals surface area contributed by atoms with E-state index in [1.165, 1.54) is 44.4 Å². The number of morpholine rings is 1. The topological polar surface area (TPSA) is 62.7 Å². The van der Waals surface area contributed by atoms with Crippen molar-refractivity contribution in [2.45, 2.75) is 44.6 Å². The number of aromatic nitrogens is 1. The van der Waals surface area contributed by atoms with Gasteiger partial charge in [0.25, 0.3) is 5.91 Å². The molecule has 22 heavy (non-hydrogen) atoms. The molecule has 5 heteroatoms. The maximum atomic E-state index is 12.5. The highest BCUT2D eigenvalue weighted by Crippen LogP contribution is 2.29. The molecule has 1 aliphatic heterocycles. The minimum Gasteiger partial charge on any atom is -0.505 e. The largest absolute Gasteiger partial charge is 0.505 e. The Balaban J connectivity index is 1.60. The normalized spacial score (nSPS) is 23.5. The molecule has 0 unspecified atom stereocenters. The molecule has 120 valence electrons. The van der Waals surface area contributed by atoms with E-state index in [1.807, 2.05) is 0 Å². The molecule has 5 nitrogen and oxygen atoms in total. The van der Waals surface area contributed by atoms with E-state index in [9.17, 15) is 9.90 Å². The summed E-state index contributed by atoms with van der Waals surface area (Å²) in [7, 11) is 0. The Hall–Kier alpha value is -1.62. The van der Waals surface area contributed by atoms with E-state index in [4.69, 9.17) is 4.74 Å². The second kappa shape index (κ2) is 7.09. The van der Waals surface area contributed by atoms with Crippen molar-refractivity contribution in [2.24, 2.45) is 5.92 Å². The van der Waals surface area contributed by atoms with Crippen molar-refractivity contribution in [3.05, 3.63) is 24.0 Å². The Morgan fingerprint density at radius 2 is 2.18 bits per heavy atom. The maximum Gasteiger partial charge on any atom is 0.276 e. The van der Waals surface area contributed by atoms with Gasteiger partial charge in [0, 0.05) is 19.3 Å². The van der Waals surface area contributed by atoms with Gasteiger partial charge in [0.05, 0.1) is 12.7 Å². The highest BCUT2D eigenvalue weighted by atomic mass is 16.5. The van der Waals surface area contributed by atoms with Crippen LogP contribution in [-0.4, -0.2) is 46.7 Å². The predicted molar refractivity (Wildman–Crippen MR) is 82.7 cm³/mol. The van der Waals surface area contributed by atoms with Gasteiger partial charge in [0.2, 0.25) is 0 Å². The second-order valence-corrected chi connectivity index (χ2v) is 6.35. The average Bonchev–Trinajstić information content (AvgIpc) is 2.56. The molecule has 0 bridgehead atoms. The van der Waals surface area contributed by atoms with Crippen molar-refractivity contribution in [2.75, 3.05) is 19.7 Å². The van der Waals surface area contributed by atoms with Gasteiger partial charge in [-0.05, 0) is 24.5 Å². The van der Waals surface area contributed by atoms with E-state index in [-0.39, 0.29) is 23.5 Å². The molecule has 2 aliphatic rings. The van der Waals surface area contributed by atoms with Crippen LogP contribution in [0.1, 0.15) is 49.0 Å². The molecule has 1 saturated heterocycles. The number of rotatable bonds is 3. The van der Waals surface area contributed by atoms with Gasteiger partial charge in [-0.1, -0.05) is 32.1 Å². The van der Waals surface area contributed by atoms with E-state index in [0.29, 0.717) is 19.7 Å². The van der Waals surface area contributed by atoms with Crippen molar-refractivity contribution in [1.82, 2.24) is 9.88 Å². The zero-order chi connectivity index (χ0) is 15.4. The third-order valence-corrected chi connectivity index (χ3v) is 4.74. The van der Waals surface area contributed by atoms with Gasteiger partial charge in [0.1, 0.15) is 5.75 Å². The van der Waals surface area contributed by atoms with E-state index in [0.717, 1.165) is 12.3 Å². The standard InChI is InChI=1S/C17H24N2O3/c20-15-7-4-8-18-16(15)17(21)19-9-10-22-14(12-19)11-13-5-2-1-3-6-13/h4,7-8,13-14,20H,1-3,5-6,9-12H2/t14-/m0/s1. The Labute approximate surface area is 131 Å². The number of ether oxygens (including phenoxy) is 1. The first kappa shape index (κ1) is 15.3. The quantitative estimate of drug-likeness (QED) is 0.932. The van der Waals surface area contributed by atoms with Gasteiger partial charge in [0.15, 0.2) is 5.69 Å². The van der Waals surface area contributed by atoms with Gasteiger partial charge in [-0.3, -0.25) is 4.79 Å². The molecule has 0 radical (unpaired) electrons. The molecule has 1 aromatic heterocycles. The van der Waals surface area contributed by atoms with Crippen LogP contribution in [0.2, 0.25) is 0 Å². The Morgan fingerprint density at radius 3 is 2.95 bits per heavy atom. The number of hydrogen-bond donors (Lipinski definition) is 1. The fraction of sp³-hybridized carbons (Fsp3) is 0.647. The van der Waals surface area contributed by atoms with E-state index in [2.05, 4.69) is 4.98 Å². The molecule has 1 saturated carbocycles. The molecule has 2 fully saturated rings. The van der Waals surface area contributed by atoms with Crippen molar-refractivity contribution in [3.63, 3.8) is 0 Å². The lowest BCUT2D eigenvalue weighted by atomic mass is 9.85. The molecule has 3 rings (SSSR count). The van der Waals surface area contributed by atoms with Crippen LogP contribution in [-0.2, 0) is 4.74 Å². The van der Waals surface area contributed by atoms with E-state index < -0.39 is 0 Å². The van der Waals surface area contributed by atoms with Crippen LogP contribution in [0.15, 0.2) is 18.3 Å². The summed E-state index contributed by atoms with van der Waals surface area (Å²) in [5.74, 6) is 0.481. The molecule has 1 amide bonds. The van der Waals surface area contributed by atoms with Crippen molar-refractivity contribution < 1.29 is 14.6 Å². The Morgan fingerprint density at radius 1 is 1.36 bits per heavy atom. The van der Waals surface area contributed by atoms with Crippen LogP contribution in [0, 0.1) is 5.92 Å². The van der Waals surface area contributed by atoms with Gasteiger partial charge in [-0.25, -0.2) is 4.98 Å². The van der Waals surface area contributed by atoms with Gasteiger partial charge in [-0.15, -0.1) is 0 Å². The van der Waals surface area contributed by atoms with Crippen LogP contribution in [0.5, 0.6) is 5.75 Å². The lowest BCUT2D eigenvalue weighted by Gasteiger charge is -2.35. The van der Waals surface area contributed by atoms with Crippen molar-refractivity contribution in [1.29, 1.82) is 0 Å². The Kier molecular flexibility index (Phi) is 4.93. The Bertz CT molecular complexity index is 514. The molecule has 0 spiro atoms. The summed E-state index contributed by atoms with van der Waals surface area (Å²) in [6.07, 6.45) is 9.26. The van der Waals surface area contributed by atoms with Gasteiger partial charge < -0.3 is 14.7 Å². The highest BCUT2D eigenvalue weighted by Gasteiger charge is 2.29.